The van der Waals surface area contributed by atoms with Gasteiger partial charge in [0.1, 0.15) is 0 Å². The molecule has 0 saturated heterocycles. The molecule has 3 N–H and O–H groups in total. The van der Waals surface area contributed by atoms with E-state index in [1.165, 1.54) is 11.8 Å². The predicted octanol–water partition coefficient (Wildman–Crippen LogP) is 3.62. The quantitative estimate of drug-likeness (QED) is 0.392. The molecule has 24 heavy (non-hydrogen) atoms. The summed E-state index contributed by atoms with van der Waals surface area (Å²) >= 11 is 1.52. The van der Waals surface area contributed by atoms with Crippen LogP contribution in [0.3, 0.4) is 0 Å². The summed E-state index contributed by atoms with van der Waals surface area (Å²) in [6.45, 7) is 0. The Morgan fingerprint density at radius 3 is 2.21 bits per heavy atom. The van der Waals surface area contributed by atoms with Gasteiger partial charge in [0.05, 0.1) is 5.69 Å². The zero-order valence-electron chi connectivity index (χ0n) is 13.5. The van der Waals surface area contributed by atoms with E-state index < -0.39 is 11.9 Å². The molecule has 1 rings (SSSR count). The Balaban J connectivity index is 2.36. The summed E-state index contributed by atoms with van der Waals surface area (Å²) < 4.78 is 0. The summed E-state index contributed by atoms with van der Waals surface area (Å²) in [4.78, 5) is 33.8. The van der Waals surface area contributed by atoms with E-state index in [4.69, 9.17) is 10.2 Å². The number of unbranched alkanes of at least 4 members (excludes halogenated alkanes) is 2. The lowest BCUT2D eigenvalue weighted by molar-refractivity contribution is -0.138. The molecular weight excluding hydrogens is 330 g/mol. The van der Waals surface area contributed by atoms with Gasteiger partial charge in [-0.15, -0.1) is 11.8 Å². The number of carboxylic acid groups (broad SMARTS) is 2. The fourth-order valence-corrected chi connectivity index (χ4v) is 3.01. The lowest BCUT2D eigenvalue weighted by Crippen LogP contribution is -2.11. The van der Waals surface area contributed by atoms with Crippen LogP contribution in [0.2, 0.25) is 0 Å². The topological polar surface area (TPSA) is 104 Å². The normalized spacial score (nSPS) is 10.3. The predicted molar refractivity (Wildman–Crippen MR) is 93.4 cm³/mol. The van der Waals surface area contributed by atoms with E-state index in [2.05, 4.69) is 5.32 Å². The van der Waals surface area contributed by atoms with Crippen LogP contribution in [0.4, 0.5) is 5.69 Å². The van der Waals surface area contributed by atoms with Crippen molar-refractivity contribution in [3.05, 3.63) is 24.3 Å². The van der Waals surface area contributed by atoms with E-state index in [1.54, 1.807) is 0 Å². The van der Waals surface area contributed by atoms with E-state index in [1.807, 2.05) is 24.3 Å². The number of anilines is 1. The zero-order chi connectivity index (χ0) is 17.8. The Morgan fingerprint density at radius 1 is 0.875 bits per heavy atom. The average Bonchev–Trinajstić information content (AvgIpc) is 2.52. The number of aliphatic carboxylic acids is 2. The van der Waals surface area contributed by atoms with E-state index >= 15 is 0 Å². The molecule has 0 radical (unpaired) electrons. The number of rotatable bonds is 12. The highest BCUT2D eigenvalue weighted by atomic mass is 32.2. The lowest BCUT2D eigenvalue weighted by atomic mass is 10.1. The molecule has 0 heterocycles. The lowest BCUT2D eigenvalue weighted by Gasteiger charge is -2.10. The van der Waals surface area contributed by atoms with Crippen LogP contribution in [0.25, 0.3) is 0 Å². The number of hydrogen-bond donors (Lipinski definition) is 3. The third kappa shape index (κ3) is 9.19. The second-order valence-corrected chi connectivity index (χ2v) is 6.48. The molecule has 0 aliphatic heterocycles. The number of benzene rings is 1. The van der Waals surface area contributed by atoms with Crippen LogP contribution >= 0.6 is 11.8 Å². The Labute approximate surface area is 145 Å². The first-order valence-electron chi connectivity index (χ1n) is 7.94. The minimum atomic E-state index is -0.812. The molecule has 7 heteroatoms. The van der Waals surface area contributed by atoms with E-state index in [0.29, 0.717) is 37.9 Å². The fraction of sp³-hybridized carbons (Fsp3) is 0.471. The molecule has 0 atom stereocenters. The minimum absolute atomic E-state index is 0.0936. The molecule has 6 nitrogen and oxygen atoms in total. The van der Waals surface area contributed by atoms with Crippen molar-refractivity contribution in [1.29, 1.82) is 0 Å². The highest BCUT2D eigenvalue weighted by Gasteiger charge is 2.08. The SMILES string of the molecule is O=C(O)CCCCCC(=O)Nc1ccccc1SCCCC(=O)O. The van der Waals surface area contributed by atoms with Crippen LogP contribution in [0, 0.1) is 0 Å². The van der Waals surface area contributed by atoms with E-state index in [9.17, 15) is 14.4 Å². The maximum absolute atomic E-state index is 12.0. The number of nitrogens with one attached hydrogen (secondary N) is 1. The Bertz CT molecular complexity index is 562. The van der Waals surface area contributed by atoms with Gasteiger partial charge >= 0.3 is 11.9 Å². The van der Waals surface area contributed by atoms with Gasteiger partial charge < -0.3 is 15.5 Å². The van der Waals surface area contributed by atoms with Crippen molar-refractivity contribution in [2.75, 3.05) is 11.1 Å². The molecule has 1 aromatic rings. The summed E-state index contributed by atoms with van der Waals surface area (Å²) in [6, 6.07) is 7.43. The molecule has 0 fully saturated rings. The summed E-state index contributed by atoms with van der Waals surface area (Å²) in [6.07, 6.45) is 3.16. The number of carbonyl (C=O) groups excluding carboxylic acids is 1. The number of para-hydroxylation sites is 1. The van der Waals surface area contributed by atoms with E-state index in [-0.39, 0.29) is 18.7 Å². The number of carboxylic acids is 2. The van der Waals surface area contributed by atoms with Gasteiger partial charge in [-0.3, -0.25) is 14.4 Å². The minimum Gasteiger partial charge on any atom is -0.481 e. The van der Waals surface area contributed by atoms with Gasteiger partial charge in [-0.25, -0.2) is 0 Å². The van der Waals surface area contributed by atoms with Gasteiger partial charge in [-0.2, -0.15) is 0 Å². The van der Waals surface area contributed by atoms with Crippen LogP contribution in [-0.2, 0) is 14.4 Å². The molecular formula is C17H23NO5S. The van der Waals surface area contributed by atoms with Gasteiger partial charge in [0.15, 0.2) is 0 Å². The standard InChI is InChI=1S/C17H23NO5S/c19-15(9-2-1-3-10-16(20)21)18-13-7-4-5-8-14(13)24-12-6-11-17(22)23/h4-5,7-8H,1-3,6,9-12H2,(H,18,19)(H,20,21)(H,22,23). The summed E-state index contributed by atoms with van der Waals surface area (Å²) in [5.74, 6) is -1.04. The van der Waals surface area contributed by atoms with Crippen molar-refractivity contribution in [2.45, 2.75) is 49.8 Å². The molecule has 132 valence electrons. The van der Waals surface area contributed by atoms with Crippen LogP contribution < -0.4 is 5.32 Å². The maximum atomic E-state index is 12.0. The first-order valence-corrected chi connectivity index (χ1v) is 8.93. The molecule has 0 aliphatic rings. The largest absolute Gasteiger partial charge is 0.481 e. The van der Waals surface area contributed by atoms with Crippen LogP contribution in [0.15, 0.2) is 29.2 Å². The van der Waals surface area contributed by atoms with Crippen LogP contribution in [0.5, 0.6) is 0 Å². The van der Waals surface area contributed by atoms with Gasteiger partial charge in [-0.1, -0.05) is 18.6 Å². The third-order valence-corrected chi connectivity index (χ3v) is 4.41. The van der Waals surface area contributed by atoms with Crippen molar-refractivity contribution < 1.29 is 24.6 Å². The van der Waals surface area contributed by atoms with Crippen molar-refractivity contribution >= 4 is 35.3 Å². The molecule has 0 saturated carbocycles. The Kier molecular flexibility index (Phi) is 9.60. The van der Waals surface area contributed by atoms with Crippen LogP contribution in [-0.4, -0.2) is 33.8 Å². The summed E-state index contributed by atoms with van der Waals surface area (Å²) in [7, 11) is 0. The second kappa shape index (κ2) is 11.5. The highest BCUT2D eigenvalue weighted by Crippen LogP contribution is 2.28. The number of thioether (sulfide) groups is 1. The van der Waals surface area contributed by atoms with Gasteiger partial charge in [-0.05, 0) is 37.1 Å². The molecule has 0 aliphatic carbocycles. The van der Waals surface area contributed by atoms with Gasteiger partial charge in [0.2, 0.25) is 5.91 Å². The summed E-state index contributed by atoms with van der Waals surface area (Å²) in [5, 5.41) is 20.1. The monoisotopic (exact) mass is 353 g/mol. The molecule has 0 aromatic heterocycles. The van der Waals surface area contributed by atoms with Gasteiger partial charge in [0.25, 0.3) is 0 Å². The first-order chi connectivity index (χ1) is 11.5. The molecule has 1 amide bonds. The van der Waals surface area contributed by atoms with Crippen molar-refractivity contribution in [3.8, 4) is 0 Å². The number of carbonyl (C=O) groups is 3. The molecule has 0 spiro atoms. The first kappa shape index (κ1) is 20.0. The third-order valence-electron chi connectivity index (χ3n) is 3.25. The highest BCUT2D eigenvalue weighted by molar-refractivity contribution is 7.99. The maximum Gasteiger partial charge on any atom is 0.303 e. The second-order valence-electron chi connectivity index (χ2n) is 5.34. The Hall–Kier alpha value is -2.02. The summed E-state index contributed by atoms with van der Waals surface area (Å²) in [5.41, 5.74) is 0.730. The van der Waals surface area contributed by atoms with Crippen molar-refractivity contribution in [1.82, 2.24) is 0 Å². The fourth-order valence-electron chi connectivity index (χ4n) is 2.05. The van der Waals surface area contributed by atoms with Crippen molar-refractivity contribution in [3.63, 3.8) is 0 Å². The number of hydrogen-bond acceptors (Lipinski definition) is 4. The molecule has 1 aromatic carbocycles. The van der Waals surface area contributed by atoms with Crippen LogP contribution in [0.1, 0.15) is 44.9 Å². The smallest absolute Gasteiger partial charge is 0.303 e. The Morgan fingerprint density at radius 2 is 1.50 bits per heavy atom. The zero-order valence-corrected chi connectivity index (χ0v) is 14.3. The number of amides is 1. The molecule has 0 bridgehead atoms. The van der Waals surface area contributed by atoms with Crippen molar-refractivity contribution in [2.24, 2.45) is 0 Å². The van der Waals surface area contributed by atoms with E-state index in [0.717, 1.165) is 10.6 Å². The van der Waals surface area contributed by atoms with Gasteiger partial charge in [0, 0.05) is 24.2 Å². The average molecular weight is 353 g/mol. The molecule has 0 unspecified atom stereocenters.